The number of phenolic OH excluding ortho intramolecular Hbond substituents is 1. The Morgan fingerprint density at radius 1 is 0.756 bits per heavy atom. The first kappa shape index (κ1) is 34.1. The number of carboxylic acids is 2. The number of aromatic nitrogens is 1. The SMILES string of the molecule is NC(=O)CCC(NC(=O)C(Cc1c[nH]c2ccccc12)NC(=O)C(N)CCC(=O)O)C(=O)NC(Cc1ccc(O)cc1)C(=O)O. The minimum atomic E-state index is -1.43. The number of phenols is 1. The van der Waals surface area contributed by atoms with E-state index in [1.807, 2.05) is 12.1 Å². The van der Waals surface area contributed by atoms with E-state index in [9.17, 15) is 39.0 Å². The van der Waals surface area contributed by atoms with E-state index >= 15 is 0 Å². The Bertz CT molecular complexity index is 1540. The second-order valence-electron chi connectivity index (χ2n) is 10.5. The molecule has 0 saturated carbocycles. The van der Waals surface area contributed by atoms with Crippen LogP contribution in [0, 0.1) is 0 Å². The smallest absolute Gasteiger partial charge is 0.326 e. The highest BCUT2D eigenvalue weighted by molar-refractivity contribution is 5.95. The number of aliphatic carboxylic acids is 2. The fourth-order valence-corrected chi connectivity index (χ4v) is 4.59. The molecule has 240 valence electrons. The lowest BCUT2D eigenvalue weighted by molar-refractivity contribution is -0.142. The molecule has 0 fully saturated rings. The van der Waals surface area contributed by atoms with Crippen molar-refractivity contribution in [3.05, 3.63) is 65.9 Å². The van der Waals surface area contributed by atoms with E-state index in [2.05, 4.69) is 20.9 Å². The van der Waals surface area contributed by atoms with Crippen molar-refractivity contribution in [2.45, 2.75) is 62.7 Å². The molecule has 0 spiro atoms. The van der Waals surface area contributed by atoms with Gasteiger partial charge in [-0.15, -0.1) is 0 Å². The molecule has 2 aromatic carbocycles. The second-order valence-corrected chi connectivity index (χ2v) is 10.5. The topological polar surface area (TPSA) is 267 Å². The number of carbonyl (C=O) groups is 6. The predicted octanol–water partition coefficient (Wildman–Crippen LogP) is -0.345. The lowest BCUT2D eigenvalue weighted by Gasteiger charge is -2.25. The van der Waals surface area contributed by atoms with Crippen molar-refractivity contribution >= 4 is 46.5 Å². The second kappa shape index (κ2) is 15.9. The van der Waals surface area contributed by atoms with Crippen LogP contribution >= 0.6 is 0 Å². The number of aromatic amines is 1. The van der Waals surface area contributed by atoms with Crippen molar-refractivity contribution in [2.75, 3.05) is 0 Å². The number of fused-ring (bicyclic) bond motifs is 1. The van der Waals surface area contributed by atoms with Gasteiger partial charge in [-0.05, 0) is 42.2 Å². The number of rotatable bonds is 17. The van der Waals surface area contributed by atoms with Gasteiger partial charge in [0.05, 0.1) is 6.04 Å². The molecule has 0 aliphatic carbocycles. The van der Waals surface area contributed by atoms with Crippen molar-refractivity contribution in [1.82, 2.24) is 20.9 Å². The lowest BCUT2D eigenvalue weighted by Crippen LogP contribution is -2.58. The molecule has 3 rings (SSSR count). The van der Waals surface area contributed by atoms with Crippen LogP contribution in [-0.2, 0) is 41.6 Å². The molecule has 1 heterocycles. The number of carboxylic acid groups (broad SMARTS) is 2. The van der Waals surface area contributed by atoms with Gasteiger partial charge in [0.25, 0.3) is 0 Å². The summed E-state index contributed by atoms with van der Waals surface area (Å²) in [5.74, 6) is -5.86. The van der Waals surface area contributed by atoms with E-state index < -0.39 is 59.7 Å². The maximum Gasteiger partial charge on any atom is 0.326 e. The summed E-state index contributed by atoms with van der Waals surface area (Å²) in [6.45, 7) is 0. The molecule has 4 unspecified atom stereocenters. The molecule has 4 atom stereocenters. The first-order valence-electron chi connectivity index (χ1n) is 14.1. The van der Waals surface area contributed by atoms with E-state index in [1.54, 1.807) is 18.3 Å². The number of carbonyl (C=O) groups excluding carboxylic acids is 4. The number of para-hydroxylation sites is 1. The molecular formula is C30H36N6O9. The fraction of sp³-hybridized carbons (Fsp3) is 0.333. The van der Waals surface area contributed by atoms with E-state index in [0.29, 0.717) is 11.1 Å². The largest absolute Gasteiger partial charge is 0.508 e. The third kappa shape index (κ3) is 10.4. The van der Waals surface area contributed by atoms with Gasteiger partial charge in [-0.2, -0.15) is 0 Å². The summed E-state index contributed by atoms with van der Waals surface area (Å²) in [5.41, 5.74) is 13.0. The van der Waals surface area contributed by atoms with E-state index in [1.165, 1.54) is 24.3 Å². The zero-order chi connectivity index (χ0) is 33.1. The Labute approximate surface area is 257 Å². The highest BCUT2D eigenvalue weighted by atomic mass is 16.4. The van der Waals surface area contributed by atoms with Crippen LogP contribution in [0.25, 0.3) is 10.9 Å². The van der Waals surface area contributed by atoms with Crippen LogP contribution in [0.4, 0.5) is 0 Å². The Balaban J connectivity index is 1.83. The number of amides is 4. The first-order valence-corrected chi connectivity index (χ1v) is 14.1. The van der Waals surface area contributed by atoms with Gasteiger partial charge in [0.2, 0.25) is 23.6 Å². The van der Waals surface area contributed by atoms with Crippen LogP contribution in [0.2, 0.25) is 0 Å². The third-order valence-electron chi connectivity index (χ3n) is 7.04. The summed E-state index contributed by atoms with van der Waals surface area (Å²) in [5, 5.41) is 36.3. The molecule has 0 aliphatic rings. The van der Waals surface area contributed by atoms with E-state index in [-0.39, 0.29) is 44.3 Å². The van der Waals surface area contributed by atoms with Gasteiger partial charge in [-0.25, -0.2) is 4.79 Å². The number of nitrogens with one attached hydrogen (secondary N) is 4. The Hall–Kier alpha value is -5.44. The summed E-state index contributed by atoms with van der Waals surface area (Å²) in [6, 6.07) is 7.53. The summed E-state index contributed by atoms with van der Waals surface area (Å²) < 4.78 is 0. The number of nitrogens with two attached hydrogens (primary N) is 2. The molecule has 0 bridgehead atoms. The maximum absolute atomic E-state index is 13.6. The molecule has 0 aliphatic heterocycles. The van der Waals surface area contributed by atoms with Crippen LogP contribution in [0.3, 0.4) is 0 Å². The zero-order valence-electron chi connectivity index (χ0n) is 24.2. The number of aromatic hydroxyl groups is 1. The molecule has 0 radical (unpaired) electrons. The van der Waals surface area contributed by atoms with Crippen molar-refractivity contribution in [1.29, 1.82) is 0 Å². The monoisotopic (exact) mass is 624 g/mol. The number of primary amides is 1. The lowest BCUT2D eigenvalue weighted by atomic mass is 10.0. The average molecular weight is 625 g/mol. The van der Waals surface area contributed by atoms with Gasteiger partial charge in [-0.1, -0.05) is 30.3 Å². The molecule has 3 aromatic rings. The fourth-order valence-electron chi connectivity index (χ4n) is 4.59. The van der Waals surface area contributed by atoms with Gasteiger partial charge >= 0.3 is 11.9 Å². The van der Waals surface area contributed by atoms with Crippen LogP contribution < -0.4 is 27.4 Å². The van der Waals surface area contributed by atoms with Gasteiger partial charge < -0.3 is 47.7 Å². The number of benzene rings is 2. The van der Waals surface area contributed by atoms with Gasteiger partial charge in [-0.3, -0.25) is 24.0 Å². The van der Waals surface area contributed by atoms with Crippen molar-refractivity contribution in [3.63, 3.8) is 0 Å². The maximum atomic E-state index is 13.6. The molecule has 15 nitrogen and oxygen atoms in total. The van der Waals surface area contributed by atoms with Crippen LogP contribution in [-0.4, -0.2) is 80.0 Å². The molecule has 15 heteroatoms. The average Bonchev–Trinajstić information content (AvgIpc) is 3.40. The molecule has 45 heavy (non-hydrogen) atoms. The zero-order valence-corrected chi connectivity index (χ0v) is 24.2. The Kier molecular flexibility index (Phi) is 12.0. The minimum Gasteiger partial charge on any atom is -0.508 e. The number of hydrogen-bond donors (Lipinski definition) is 9. The summed E-state index contributed by atoms with van der Waals surface area (Å²) in [6.07, 6.45) is 0.279. The quantitative estimate of drug-likeness (QED) is 0.0942. The Morgan fingerprint density at radius 2 is 1.38 bits per heavy atom. The van der Waals surface area contributed by atoms with Crippen LogP contribution in [0.1, 0.15) is 36.8 Å². The van der Waals surface area contributed by atoms with Crippen molar-refractivity contribution < 1.29 is 44.1 Å². The number of H-pyrrole nitrogens is 1. The summed E-state index contributed by atoms with van der Waals surface area (Å²) >= 11 is 0. The van der Waals surface area contributed by atoms with Crippen LogP contribution in [0.15, 0.2) is 54.7 Å². The standard InChI is InChI=1S/C30H36N6O9/c31-20(9-12-26(39)40)27(41)35-23(14-17-15-33-21-4-2-1-3-19(17)21)29(43)34-22(10-11-25(32)38)28(42)36-24(30(44)45)13-16-5-7-18(37)8-6-16/h1-8,15,20,22-24,33,37H,9-14,31H2,(H2,32,38)(H,34,43)(H,35,41)(H,36,42)(H,39,40)(H,44,45). The van der Waals surface area contributed by atoms with Crippen LogP contribution in [0.5, 0.6) is 5.75 Å². The Morgan fingerprint density at radius 3 is 2.02 bits per heavy atom. The van der Waals surface area contributed by atoms with Gasteiger partial charge in [0.1, 0.15) is 23.9 Å². The highest BCUT2D eigenvalue weighted by Gasteiger charge is 2.31. The minimum absolute atomic E-state index is 0.0268. The number of hydrogen-bond acceptors (Lipinski definition) is 8. The third-order valence-corrected chi connectivity index (χ3v) is 7.04. The van der Waals surface area contributed by atoms with E-state index in [4.69, 9.17) is 16.6 Å². The van der Waals surface area contributed by atoms with Crippen molar-refractivity contribution in [2.24, 2.45) is 11.5 Å². The summed E-state index contributed by atoms with van der Waals surface area (Å²) in [7, 11) is 0. The van der Waals surface area contributed by atoms with Crippen molar-refractivity contribution in [3.8, 4) is 5.75 Å². The molecule has 4 amide bonds. The predicted molar refractivity (Wildman–Crippen MR) is 161 cm³/mol. The molecule has 1 aromatic heterocycles. The first-order chi connectivity index (χ1) is 21.3. The van der Waals surface area contributed by atoms with E-state index in [0.717, 1.165) is 10.9 Å². The molecular weight excluding hydrogens is 588 g/mol. The molecule has 0 saturated heterocycles. The van der Waals surface area contributed by atoms with Gasteiger partial charge in [0, 0.05) is 42.8 Å². The highest BCUT2D eigenvalue weighted by Crippen LogP contribution is 2.19. The summed E-state index contributed by atoms with van der Waals surface area (Å²) in [4.78, 5) is 77.3. The molecule has 11 N–H and O–H groups in total. The van der Waals surface area contributed by atoms with Gasteiger partial charge in [0.15, 0.2) is 0 Å². The normalized spacial score (nSPS) is 13.6.